The van der Waals surface area contributed by atoms with Gasteiger partial charge in [-0.3, -0.25) is 9.36 Å². The van der Waals surface area contributed by atoms with Crippen LogP contribution < -0.4 is 5.32 Å². The van der Waals surface area contributed by atoms with Gasteiger partial charge in [0.15, 0.2) is 0 Å². The first-order valence-corrected chi connectivity index (χ1v) is 7.21. The lowest BCUT2D eigenvalue weighted by atomic mass is 10.4. The second-order valence-corrected chi connectivity index (χ2v) is 4.61. The van der Waals surface area contributed by atoms with E-state index in [2.05, 4.69) is 15.5 Å². The van der Waals surface area contributed by atoms with Crippen LogP contribution in [0.5, 0.6) is 0 Å². The summed E-state index contributed by atoms with van der Waals surface area (Å²) < 4.78 is 3.93. The fourth-order valence-electron chi connectivity index (χ4n) is 1.72. The molecule has 0 atom stereocenters. The fourth-order valence-corrected chi connectivity index (χ4v) is 1.72. The number of aryl methyl sites for hydroxylation is 2. The number of aromatic nitrogens is 4. The van der Waals surface area contributed by atoms with Crippen molar-refractivity contribution in [2.24, 2.45) is 0 Å². The number of nitrogens with zero attached hydrogens (tertiary/aromatic N) is 4. The highest BCUT2D eigenvalue weighted by Gasteiger charge is 2.04. The summed E-state index contributed by atoms with van der Waals surface area (Å²) in [5, 5.41) is 26.5. The molecule has 2 aromatic rings. The van der Waals surface area contributed by atoms with E-state index < -0.39 is 11.9 Å². The predicted octanol–water partition coefficient (Wildman–Crippen LogP) is 0.305. The van der Waals surface area contributed by atoms with Crippen LogP contribution in [0.25, 0.3) is 0 Å². The maximum atomic E-state index is 9.10. The molecule has 2 aromatic heterocycles. The molecule has 0 bridgehead atoms. The molecule has 0 aromatic carbocycles. The Balaban J connectivity index is 0.000000379. The van der Waals surface area contributed by atoms with E-state index in [0.29, 0.717) is 0 Å². The number of aliphatic carboxylic acids is 2. The molecule has 2 heterocycles. The first-order valence-electron chi connectivity index (χ1n) is 7.21. The van der Waals surface area contributed by atoms with E-state index in [-0.39, 0.29) is 0 Å². The number of hydrogen-bond acceptors (Lipinski definition) is 5. The van der Waals surface area contributed by atoms with Gasteiger partial charge in [0.1, 0.15) is 0 Å². The van der Waals surface area contributed by atoms with Gasteiger partial charge in [0.2, 0.25) is 0 Å². The van der Waals surface area contributed by atoms with Gasteiger partial charge in [-0.1, -0.05) is 0 Å². The summed E-state index contributed by atoms with van der Waals surface area (Å²) in [6.45, 7) is 4.05. The van der Waals surface area contributed by atoms with Crippen LogP contribution in [0.4, 0.5) is 0 Å². The average molecular weight is 323 g/mol. The minimum Gasteiger partial charge on any atom is -0.473 e. The van der Waals surface area contributed by atoms with Gasteiger partial charge in [0.25, 0.3) is 0 Å². The van der Waals surface area contributed by atoms with Crippen LogP contribution >= 0.6 is 0 Å². The highest BCUT2D eigenvalue weighted by atomic mass is 16.4. The topological polar surface area (TPSA) is 122 Å². The van der Waals surface area contributed by atoms with Crippen molar-refractivity contribution in [3.63, 3.8) is 0 Å². The SMILES string of the molecule is O=C(O)C(=O)O.c1cnn(CCCNCCCn2cccn2)c1. The summed E-state index contributed by atoms with van der Waals surface area (Å²) in [4.78, 5) is 18.2. The highest BCUT2D eigenvalue weighted by Crippen LogP contribution is 1.90. The molecule has 0 amide bonds. The zero-order valence-corrected chi connectivity index (χ0v) is 12.7. The zero-order valence-electron chi connectivity index (χ0n) is 12.7. The highest BCUT2D eigenvalue weighted by molar-refractivity contribution is 6.27. The third-order valence-corrected chi connectivity index (χ3v) is 2.78. The molecule has 2 rings (SSSR count). The smallest absolute Gasteiger partial charge is 0.414 e. The third-order valence-electron chi connectivity index (χ3n) is 2.78. The largest absolute Gasteiger partial charge is 0.473 e. The van der Waals surface area contributed by atoms with E-state index in [1.54, 1.807) is 0 Å². The van der Waals surface area contributed by atoms with Crippen LogP contribution in [0.2, 0.25) is 0 Å². The number of carbonyl (C=O) groups is 2. The summed E-state index contributed by atoms with van der Waals surface area (Å²) >= 11 is 0. The molecule has 0 saturated carbocycles. The number of carboxylic acid groups (broad SMARTS) is 2. The van der Waals surface area contributed by atoms with E-state index in [1.165, 1.54) is 0 Å². The minimum atomic E-state index is -1.82. The van der Waals surface area contributed by atoms with Crippen LogP contribution in [-0.2, 0) is 22.7 Å². The van der Waals surface area contributed by atoms with Crippen molar-refractivity contribution in [1.82, 2.24) is 24.9 Å². The van der Waals surface area contributed by atoms with Gasteiger partial charge in [-0.2, -0.15) is 10.2 Å². The Hall–Kier alpha value is -2.68. The first-order chi connectivity index (χ1) is 11.1. The van der Waals surface area contributed by atoms with Gasteiger partial charge in [0, 0.05) is 37.9 Å². The molecular formula is C14H21N5O4. The summed E-state index contributed by atoms with van der Waals surface area (Å²) in [5.74, 6) is -3.65. The Morgan fingerprint density at radius 1 is 0.870 bits per heavy atom. The van der Waals surface area contributed by atoms with Crippen molar-refractivity contribution >= 4 is 11.9 Å². The lowest BCUT2D eigenvalue weighted by Crippen LogP contribution is -2.19. The van der Waals surface area contributed by atoms with E-state index in [1.807, 2.05) is 46.3 Å². The summed E-state index contributed by atoms with van der Waals surface area (Å²) in [7, 11) is 0. The Morgan fingerprint density at radius 3 is 1.61 bits per heavy atom. The molecule has 9 nitrogen and oxygen atoms in total. The molecule has 3 N–H and O–H groups in total. The van der Waals surface area contributed by atoms with E-state index >= 15 is 0 Å². The molecule has 0 aliphatic rings. The van der Waals surface area contributed by atoms with Gasteiger partial charge in [-0.05, 0) is 38.1 Å². The lowest BCUT2D eigenvalue weighted by molar-refractivity contribution is -0.159. The van der Waals surface area contributed by atoms with Crippen molar-refractivity contribution in [3.8, 4) is 0 Å². The maximum absolute atomic E-state index is 9.10. The Morgan fingerprint density at radius 2 is 1.30 bits per heavy atom. The second kappa shape index (κ2) is 11.0. The Bertz CT molecular complexity index is 503. The molecular weight excluding hydrogens is 302 g/mol. The molecule has 23 heavy (non-hydrogen) atoms. The number of rotatable bonds is 8. The molecule has 126 valence electrons. The van der Waals surface area contributed by atoms with Gasteiger partial charge < -0.3 is 15.5 Å². The first kappa shape index (κ1) is 18.4. The predicted molar refractivity (Wildman–Crippen MR) is 81.8 cm³/mol. The van der Waals surface area contributed by atoms with Gasteiger partial charge >= 0.3 is 11.9 Å². The minimum absolute atomic E-state index is 0.985. The molecule has 9 heteroatoms. The lowest BCUT2D eigenvalue weighted by Gasteiger charge is -2.05. The molecule has 0 radical (unpaired) electrons. The van der Waals surface area contributed by atoms with Crippen molar-refractivity contribution in [3.05, 3.63) is 36.9 Å². The van der Waals surface area contributed by atoms with Gasteiger partial charge in [-0.25, -0.2) is 9.59 Å². The van der Waals surface area contributed by atoms with E-state index in [0.717, 1.165) is 39.0 Å². The van der Waals surface area contributed by atoms with Crippen LogP contribution in [0, 0.1) is 0 Å². The number of carboxylic acids is 2. The van der Waals surface area contributed by atoms with Crippen LogP contribution in [-0.4, -0.2) is 54.8 Å². The standard InChI is InChI=1S/C12H19N5.C2H2O4/c1(9-16-11-3-7-14-16)5-13-6-2-10-17-12-4-8-15-17;3-1(4)2(5)6/h3-4,7-8,11-13H,1-2,5-6,9-10H2;(H,3,4)(H,5,6). The van der Waals surface area contributed by atoms with Crippen molar-refractivity contribution in [1.29, 1.82) is 0 Å². The molecule has 0 aliphatic heterocycles. The molecule has 0 aliphatic carbocycles. The summed E-state index contributed by atoms with van der Waals surface area (Å²) in [6.07, 6.45) is 9.86. The van der Waals surface area contributed by atoms with Crippen LogP contribution in [0.3, 0.4) is 0 Å². The molecule has 0 unspecified atom stereocenters. The molecule has 0 fully saturated rings. The summed E-state index contributed by atoms with van der Waals surface area (Å²) in [6, 6.07) is 3.91. The van der Waals surface area contributed by atoms with Crippen molar-refractivity contribution < 1.29 is 19.8 Å². The van der Waals surface area contributed by atoms with E-state index in [9.17, 15) is 0 Å². The van der Waals surface area contributed by atoms with Gasteiger partial charge in [-0.15, -0.1) is 0 Å². The van der Waals surface area contributed by atoms with E-state index in [4.69, 9.17) is 19.8 Å². The Labute approximate surface area is 133 Å². The number of nitrogens with one attached hydrogen (secondary N) is 1. The normalized spacial score (nSPS) is 9.91. The molecule has 0 saturated heterocycles. The van der Waals surface area contributed by atoms with Crippen LogP contribution in [0.1, 0.15) is 12.8 Å². The summed E-state index contributed by atoms with van der Waals surface area (Å²) in [5.41, 5.74) is 0. The Kier molecular flexibility index (Phi) is 8.76. The quantitative estimate of drug-likeness (QED) is 0.472. The zero-order chi connectivity index (χ0) is 16.9. The molecule has 0 spiro atoms. The van der Waals surface area contributed by atoms with Gasteiger partial charge in [0.05, 0.1) is 0 Å². The van der Waals surface area contributed by atoms with Crippen molar-refractivity contribution in [2.45, 2.75) is 25.9 Å². The average Bonchev–Trinajstić information content (AvgIpc) is 3.20. The third kappa shape index (κ3) is 9.04. The number of hydrogen-bond donors (Lipinski definition) is 3. The fraction of sp³-hybridized carbons (Fsp3) is 0.429. The second-order valence-electron chi connectivity index (χ2n) is 4.61. The monoisotopic (exact) mass is 323 g/mol. The maximum Gasteiger partial charge on any atom is 0.414 e. The van der Waals surface area contributed by atoms with Crippen LogP contribution in [0.15, 0.2) is 36.9 Å². The van der Waals surface area contributed by atoms with Crippen molar-refractivity contribution in [2.75, 3.05) is 13.1 Å².